The molecular weight excluding hydrogens is 252 g/mol. The monoisotopic (exact) mass is 258 g/mol. The first-order valence-corrected chi connectivity index (χ1v) is 5.40. The third-order valence-corrected chi connectivity index (χ3v) is 2.36. The molecule has 0 aliphatic carbocycles. The van der Waals surface area contributed by atoms with E-state index in [0.717, 1.165) is 0 Å². The van der Waals surface area contributed by atoms with E-state index in [0.29, 0.717) is 5.02 Å². The highest BCUT2D eigenvalue weighted by molar-refractivity contribution is 6.30. The number of halogens is 1. The fraction of sp³-hybridized carbons (Fsp3) is 0. The largest absolute Gasteiger partial charge is 0.421 e. The van der Waals surface area contributed by atoms with E-state index in [1.165, 1.54) is 24.5 Å². The summed E-state index contributed by atoms with van der Waals surface area (Å²) in [6.45, 7) is 0. The molecule has 0 bridgehead atoms. The average Bonchev–Trinajstić information content (AvgIpc) is 2.38. The van der Waals surface area contributed by atoms with E-state index >= 15 is 0 Å². The van der Waals surface area contributed by atoms with E-state index in [4.69, 9.17) is 21.6 Å². The number of hydrogen-bond acceptors (Lipinski definition) is 4. The van der Waals surface area contributed by atoms with Gasteiger partial charge in [0.15, 0.2) is 5.75 Å². The average molecular weight is 259 g/mol. The Morgan fingerprint density at radius 2 is 2.11 bits per heavy atom. The van der Waals surface area contributed by atoms with Crippen molar-refractivity contribution in [2.24, 2.45) is 0 Å². The van der Waals surface area contributed by atoms with Crippen molar-refractivity contribution in [1.29, 1.82) is 5.26 Å². The lowest BCUT2D eigenvalue weighted by molar-refractivity contribution is 0.0734. The summed E-state index contributed by atoms with van der Waals surface area (Å²) in [6, 6.07) is 9.82. The molecule has 0 radical (unpaired) electrons. The van der Waals surface area contributed by atoms with E-state index in [2.05, 4.69) is 4.98 Å². The molecule has 2 aromatic rings. The SMILES string of the molecule is N#Cc1ccccc1C(=O)Oc1cncc(Cl)c1. The lowest BCUT2D eigenvalue weighted by atomic mass is 10.1. The zero-order valence-corrected chi connectivity index (χ0v) is 9.89. The third kappa shape index (κ3) is 2.65. The molecule has 2 rings (SSSR count). The van der Waals surface area contributed by atoms with Crippen molar-refractivity contribution < 1.29 is 9.53 Å². The van der Waals surface area contributed by atoms with Crippen molar-refractivity contribution >= 4 is 17.6 Å². The quantitative estimate of drug-likeness (QED) is 0.777. The fourth-order valence-corrected chi connectivity index (χ4v) is 1.53. The predicted octanol–water partition coefficient (Wildman–Crippen LogP) is 2.83. The second-order valence-electron chi connectivity index (χ2n) is 3.39. The van der Waals surface area contributed by atoms with Gasteiger partial charge in [0, 0.05) is 12.3 Å². The number of ether oxygens (including phenoxy) is 1. The lowest BCUT2D eigenvalue weighted by Crippen LogP contribution is -2.10. The Morgan fingerprint density at radius 1 is 1.33 bits per heavy atom. The van der Waals surface area contributed by atoms with Gasteiger partial charge in [-0.05, 0) is 12.1 Å². The van der Waals surface area contributed by atoms with Crippen molar-refractivity contribution in [3.05, 3.63) is 58.9 Å². The number of aromatic nitrogens is 1. The molecule has 0 N–H and O–H groups in total. The topological polar surface area (TPSA) is 63.0 Å². The lowest BCUT2D eigenvalue weighted by Gasteiger charge is -2.05. The maximum Gasteiger partial charge on any atom is 0.344 e. The minimum atomic E-state index is -0.615. The molecule has 0 fully saturated rings. The van der Waals surface area contributed by atoms with Crippen LogP contribution in [0.4, 0.5) is 0 Å². The number of carbonyl (C=O) groups is 1. The minimum Gasteiger partial charge on any atom is -0.421 e. The van der Waals surface area contributed by atoms with Gasteiger partial charge < -0.3 is 4.74 Å². The number of hydrogen-bond donors (Lipinski definition) is 0. The Kier molecular flexibility index (Phi) is 3.56. The van der Waals surface area contributed by atoms with Gasteiger partial charge in [-0.1, -0.05) is 23.7 Å². The second-order valence-corrected chi connectivity index (χ2v) is 3.82. The number of rotatable bonds is 2. The number of nitrogens with zero attached hydrogens (tertiary/aromatic N) is 2. The van der Waals surface area contributed by atoms with E-state index in [9.17, 15) is 4.79 Å². The molecule has 4 nitrogen and oxygen atoms in total. The molecule has 1 aromatic heterocycles. The minimum absolute atomic E-state index is 0.208. The second kappa shape index (κ2) is 5.30. The molecule has 18 heavy (non-hydrogen) atoms. The van der Waals surface area contributed by atoms with Gasteiger partial charge in [0.1, 0.15) is 6.07 Å². The van der Waals surface area contributed by atoms with Crippen LogP contribution in [0.25, 0.3) is 0 Å². The van der Waals surface area contributed by atoms with Crippen molar-refractivity contribution in [2.45, 2.75) is 0 Å². The normalized spacial score (nSPS) is 9.56. The van der Waals surface area contributed by atoms with Crippen LogP contribution in [0.3, 0.4) is 0 Å². The molecule has 1 aromatic carbocycles. The smallest absolute Gasteiger partial charge is 0.344 e. The molecule has 0 unspecified atom stereocenters. The summed E-state index contributed by atoms with van der Waals surface area (Å²) < 4.78 is 5.09. The van der Waals surface area contributed by atoms with Gasteiger partial charge in [-0.2, -0.15) is 5.26 Å². The molecule has 5 heteroatoms. The molecule has 0 saturated heterocycles. The van der Waals surface area contributed by atoms with Crippen molar-refractivity contribution in [3.8, 4) is 11.8 Å². The van der Waals surface area contributed by atoms with Crippen LogP contribution in [0.1, 0.15) is 15.9 Å². The van der Waals surface area contributed by atoms with Gasteiger partial charge in [0.2, 0.25) is 0 Å². The first kappa shape index (κ1) is 12.1. The van der Waals surface area contributed by atoms with Gasteiger partial charge in [-0.15, -0.1) is 0 Å². The first-order valence-electron chi connectivity index (χ1n) is 5.02. The summed E-state index contributed by atoms with van der Waals surface area (Å²) in [7, 11) is 0. The van der Waals surface area contributed by atoms with Gasteiger partial charge in [-0.3, -0.25) is 4.98 Å². The van der Waals surface area contributed by atoms with Crippen LogP contribution in [0, 0.1) is 11.3 Å². The molecule has 0 aliphatic heterocycles. The zero-order valence-electron chi connectivity index (χ0n) is 9.13. The highest BCUT2D eigenvalue weighted by Crippen LogP contribution is 2.17. The third-order valence-electron chi connectivity index (χ3n) is 2.16. The number of nitriles is 1. The molecule has 0 spiro atoms. The standard InChI is InChI=1S/C13H7ClN2O2/c14-10-5-11(8-16-7-10)18-13(17)12-4-2-1-3-9(12)6-15/h1-5,7-8H. The summed E-state index contributed by atoms with van der Waals surface area (Å²) in [5.74, 6) is -0.378. The number of esters is 1. The summed E-state index contributed by atoms with van der Waals surface area (Å²) >= 11 is 5.73. The highest BCUT2D eigenvalue weighted by Gasteiger charge is 2.13. The van der Waals surface area contributed by atoms with Crippen LogP contribution in [0.15, 0.2) is 42.7 Å². The Hall–Kier alpha value is -2.38. The van der Waals surface area contributed by atoms with E-state index in [1.54, 1.807) is 18.2 Å². The van der Waals surface area contributed by atoms with Gasteiger partial charge >= 0.3 is 5.97 Å². The summed E-state index contributed by atoms with van der Waals surface area (Å²) in [5, 5.41) is 9.26. The van der Waals surface area contributed by atoms with Gasteiger partial charge in [0.05, 0.1) is 22.3 Å². The van der Waals surface area contributed by atoms with Crippen molar-refractivity contribution in [3.63, 3.8) is 0 Å². The highest BCUT2D eigenvalue weighted by atomic mass is 35.5. The maximum atomic E-state index is 11.9. The fourth-order valence-electron chi connectivity index (χ4n) is 1.37. The van der Waals surface area contributed by atoms with Crippen LogP contribution in [-0.4, -0.2) is 11.0 Å². The molecule has 0 saturated carbocycles. The van der Waals surface area contributed by atoms with Gasteiger partial charge in [-0.25, -0.2) is 4.79 Å². The predicted molar refractivity (Wildman–Crippen MR) is 65.4 cm³/mol. The molecule has 0 amide bonds. The van der Waals surface area contributed by atoms with Crippen LogP contribution >= 0.6 is 11.6 Å². The van der Waals surface area contributed by atoms with Crippen LogP contribution in [0.2, 0.25) is 5.02 Å². The van der Waals surface area contributed by atoms with Crippen molar-refractivity contribution in [2.75, 3.05) is 0 Å². The maximum absolute atomic E-state index is 11.9. The van der Waals surface area contributed by atoms with Crippen LogP contribution < -0.4 is 4.74 Å². The molecule has 1 heterocycles. The molecular formula is C13H7ClN2O2. The van der Waals surface area contributed by atoms with Crippen LogP contribution in [-0.2, 0) is 0 Å². The number of carbonyl (C=O) groups excluding carboxylic acids is 1. The Balaban J connectivity index is 2.25. The Morgan fingerprint density at radius 3 is 2.83 bits per heavy atom. The number of pyridine rings is 1. The van der Waals surface area contributed by atoms with E-state index in [-0.39, 0.29) is 16.9 Å². The molecule has 88 valence electrons. The van der Waals surface area contributed by atoms with E-state index in [1.807, 2.05) is 6.07 Å². The Bertz CT molecular complexity index is 635. The van der Waals surface area contributed by atoms with Crippen molar-refractivity contribution in [1.82, 2.24) is 4.98 Å². The summed E-state index contributed by atoms with van der Waals surface area (Å²) in [6.07, 6.45) is 2.81. The van der Waals surface area contributed by atoms with Gasteiger partial charge in [0.25, 0.3) is 0 Å². The van der Waals surface area contributed by atoms with E-state index < -0.39 is 5.97 Å². The summed E-state index contributed by atoms with van der Waals surface area (Å²) in [4.78, 5) is 15.7. The molecule has 0 aliphatic rings. The Labute approximate surface area is 108 Å². The molecule has 0 atom stereocenters. The van der Waals surface area contributed by atoms with Crippen LogP contribution in [0.5, 0.6) is 5.75 Å². The number of benzene rings is 1. The zero-order chi connectivity index (χ0) is 13.0. The first-order chi connectivity index (χ1) is 8.70. The summed E-state index contributed by atoms with van der Waals surface area (Å²) in [5.41, 5.74) is 0.470.